The maximum absolute atomic E-state index is 12.2. The number of halogens is 4. The van der Waals surface area contributed by atoms with Gasteiger partial charge in [0, 0.05) is 13.0 Å². The molecule has 2 amide bonds. The Morgan fingerprint density at radius 1 is 0.900 bits per heavy atom. The van der Waals surface area contributed by atoms with Crippen molar-refractivity contribution < 1.29 is 9.59 Å². The first-order valence-electron chi connectivity index (χ1n) is 5.50. The summed E-state index contributed by atoms with van der Waals surface area (Å²) < 4.78 is 0. The van der Waals surface area contributed by atoms with Crippen molar-refractivity contribution in [3.05, 3.63) is 31.2 Å². The van der Waals surface area contributed by atoms with Crippen molar-refractivity contribution in [2.24, 2.45) is 0 Å². The number of carbonyl (C=O) groups excluding carboxylic acids is 2. The number of nitriles is 1. The van der Waals surface area contributed by atoms with Crippen LogP contribution in [0.5, 0.6) is 0 Å². The van der Waals surface area contributed by atoms with E-state index in [0.717, 1.165) is 4.90 Å². The molecule has 1 aromatic carbocycles. The van der Waals surface area contributed by atoms with Crippen molar-refractivity contribution in [3.63, 3.8) is 0 Å². The summed E-state index contributed by atoms with van der Waals surface area (Å²) in [5.41, 5.74) is -0.0685. The summed E-state index contributed by atoms with van der Waals surface area (Å²) >= 11 is 23.7. The molecule has 0 bridgehead atoms. The summed E-state index contributed by atoms with van der Waals surface area (Å²) in [7, 11) is 0. The molecule has 0 N–H and O–H groups in total. The Morgan fingerprint density at radius 2 is 1.35 bits per heavy atom. The van der Waals surface area contributed by atoms with Crippen LogP contribution in [0.4, 0.5) is 0 Å². The molecule has 20 heavy (non-hydrogen) atoms. The standard InChI is InChI=1S/C12H6Cl4N2O2/c13-7-5-6(8(14)10(16)9(7)15)12(20)18(11(5)19)4-2-1-3-17/h1-2,4H2. The number of hydrogen-bond donors (Lipinski definition) is 0. The monoisotopic (exact) mass is 350 g/mol. The van der Waals surface area contributed by atoms with E-state index in [1.807, 2.05) is 6.07 Å². The molecule has 0 spiro atoms. The van der Waals surface area contributed by atoms with Crippen LogP contribution >= 0.6 is 46.4 Å². The Kier molecular flexibility index (Phi) is 4.46. The molecule has 1 heterocycles. The highest BCUT2D eigenvalue weighted by Gasteiger charge is 2.41. The van der Waals surface area contributed by atoms with Crippen LogP contribution in [0.1, 0.15) is 33.6 Å². The van der Waals surface area contributed by atoms with Crippen LogP contribution in [0.2, 0.25) is 20.1 Å². The molecule has 4 nitrogen and oxygen atoms in total. The summed E-state index contributed by atoms with van der Waals surface area (Å²) in [6.07, 6.45) is 0.606. The minimum atomic E-state index is -0.576. The van der Waals surface area contributed by atoms with Gasteiger partial charge in [-0.15, -0.1) is 0 Å². The van der Waals surface area contributed by atoms with Crippen LogP contribution in [0.25, 0.3) is 0 Å². The van der Waals surface area contributed by atoms with Crippen molar-refractivity contribution >= 4 is 58.2 Å². The van der Waals surface area contributed by atoms with Crippen LogP contribution in [0.15, 0.2) is 0 Å². The van der Waals surface area contributed by atoms with Gasteiger partial charge in [0.2, 0.25) is 0 Å². The van der Waals surface area contributed by atoms with E-state index in [9.17, 15) is 9.59 Å². The van der Waals surface area contributed by atoms with Gasteiger partial charge in [-0.25, -0.2) is 0 Å². The van der Waals surface area contributed by atoms with Crippen molar-refractivity contribution in [2.45, 2.75) is 12.8 Å². The summed E-state index contributed by atoms with van der Waals surface area (Å²) in [6, 6.07) is 1.94. The lowest BCUT2D eigenvalue weighted by atomic mass is 10.1. The summed E-state index contributed by atoms with van der Waals surface area (Å²) in [5, 5.41) is 8.20. The Hall–Kier alpha value is -0.990. The second-order valence-corrected chi connectivity index (χ2v) is 5.54. The fourth-order valence-corrected chi connectivity index (χ4v) is 2.93. The molecule has 0 unspecified atom stereocenters. The Bertz CT molecular complexity index is 620. The third-order valence-electron chi connectivity index (χ3n) is 2.86. The molecule has 2 rings (SSSR count). The maximum atomic E-state index is 12.2. The lowest BCUT2D eigenvalue weighted by Gasteiger charge is -2.12. The smallest absolute Gasteiger partial charge is 0.263 e. The van der Waals surface area contributed by atoms with Gasteiger partial charge in [0.05, 0.1) is 37.3 Å². The number of hydrogen-bond acceptors (Lipinski definition) is 3. The molecule has 104 valence electrons. The van der Waals surface area contributed by atoms with E-state index in [1.165, 1.54) is 0 Å². The molecule has 0 saturated carbocycles. The van der Waals surface area contributed by atoms with Gasteiger partial charge in [0.15, 0.2) is 0 Å². The van der Waals surface area contributed by atoms with Crippen LogP contribution in [-0.2, 0) is 0 Å². The van der Waals surface area contributed by atoms with E-state index in [4.69, 9.17) is 51.7 Å². The highest BCUT2D eigenvalue weighted by Crippen LogP contribution is 2.44. The molecule has 1 aliphatic heterocycles. The number of benzene rings is 1. The third-order valence-corrected chi connectivity index (χ3v) is 4.66. The minimum absolute atomic E-state index is 0.0342. The average molecular weight is 352 g/mol. The first kappa shape index (κ1) is 15.4. The van der Waals surface area contributed by atoms with Crippen LogP contribution in [-0.4, -0.2) is 23.3 Å². The predicted octanol–water partition coefficient (Wildman–Crippen LogP) is 4.20. The highest BCUT2D eigenvalue weighted by atomic mass is 35.5. The van der Waals surface area contributed by atoms with Gasteiger partial charge in [-0.05, 0) is 6.42 Å². The minimum Gasteiger partial charge on any atom is -0.274 e. The highest BCUT2D eigenvalue weighted by molar-refractivity contribution is 6.55. The van der Waals surface area contributed by atoms with Gasteiger partial charge in [-0.3, -0.25) is 14.5 Å². The Labute approximate surface area is 134 Å². The quantitative estimate of drug-likeness (QED) is 0.355. The number of nitrogens with zero attached hydrogens (tertiary/aromatic N) is 2. The normalized spacial score (nSPS) is 13.7. The maximum Gasteiger partial charge on any atom is 0.263 e. The third kappa shape index (κ3) is 2.25. The van der Waals surface area contributed by atoms with Gasteiger partial charge in [-0.1, -0.05) is 46.4 Å². The summed E-state index contributed by atoms with van der Waals surface area (Å²) in [5.74, 6) is -1.15. The van der Waals surface area contributed by atoms with Gasteiger partial charge in [0.1, 0.15) is 0 Å². The zero-order chi connectivity index (χ0) is 15.0. The van der Waals surface area contributed by atoms with Crippen LogP contribution < -0.4 is 0 Å². The van der Waals surface area contributed by atoms with Crippen molar-refractivity contribution in [1.82, 2.24) is 4.90 Å². The van der Waals surface area contributed by atoms with E-state index in [2.05, 4.69) is 0 Å². The fraction of sp³-hybridized carbons (Fsp3) is 0.250. The second-order valence-electron chi connectivity index (χ2n) is 4.03. The van der Waals surface area contributed by atoms with Crippen LogP contribution in [0, 0.1) is 11.3 Å². The second kappa shape index (κ2) is 5.79. The van der Waals surface area contributed by atoms with Gasteiger partial charge < -0.3 is 0 Å². The van der Waals surface area contributed by atoms with Gasteiger partial charge in [0.25, 0.3) is 11.8 Å². The zero-order valence-corrected chi connectivity index (χ0v) is 12.9. The fourth-order valence-electron chi connectivity index (χ4n) is 1.91. The predicted molar refractivity (Wildman–Crippen MR) is 76.7 cm³/mol. The number of unbranched alkanes of at least 4 members (excludes halogenated alkanes) is 1. The topological polar surface area (TPSA) is 61.2 Å². The molecule has 0 saturated heterocycles. The van der Waals surface area contributed by atoms with Crippen LogP contribution in [0.3, 0.4) is 0 Å². The zero-order valence-electron chi connectivity index (χ0n) is 9.84. The van der Waals surface area contributed by atoms with E-state index < -0.39 is 11.8 Å². The summed E-state index contributed by atoms with van der Waals surface area (Å²) in [6.45, 7) is 0.113. The van der Waals surface area contributed by atoms with Gasteiger partial charge in [-0.2, -0.15) is 5.26 Å². The lowest BCUT2D eigenvalue weighted by Crippen LogP contribution is -2.30. The molecule has 0 fully saturated rings. The number of fused-ring (bicyclic) bond motifs is 1. The number of carbonyl (C=O) groups is 2. The molecule has 1 aromatic rings. The molecule has 0 aliphatic carbocycles. The van der Waals surface area contributed by atoms with Crippen molar-refractivity contribution in [3.8, 4) is 6.07 Å². The molecular formula is C12H6Cl4N2O2. The Balaban J connectivity index is 2.50. The number of imide groups is 1. The largest absolute Gasteiger partial charge is 0.274 e. The number of rotatable bonds is 3. The lowest BCUT2D eigenvalue weighted by molar-refractivity contribution is 0.0653. The van der Waals surface area contributed by atoms with E-state index >= 15 is 0 Å². The van der Waals surface area contributed by atoms with E-state index in [-0.39, 0.29) is 44.2 Å². The SMILES string of the molecule is N#CCCCN1C(=O)c2c(Cl)c(Cl)c(Cl)c(Cl)c2C1=O. The Morgan fingerprint density at radius 3 is 1.75 bits per heavy atom. The molecule has 0 atom stereocenters. The van der Waals surface area contributed by atoms with Crippen molar-refractivity contribution in [1.29, 1.82) is 5.26 Å². The van der Waals surface area contributed by atoms with E-state index in [0.29, 0.717) is 6.42 Å². The van der Waals surface area contributed by atoms with Crippen molar-refractivity contribution in [2.75, 3.05) is 6.54 Å². The number of amides is 2. The molecule has 1 aliphatic rings. The summed E-state index contributed by atoms with van der Waals surface area (Å²) in [4.78, 5) is 25.4. The molecule has 0 radical (unpaired) electrons. The first-order valence-corrected chi connectivity index (χ1v) is 7.02. The first-order chi connectivity index (χ1) is 9.41. The molecule has 8 heteroatoms. The average Bonchev–Trinajstić information content (AvgIpc) is 2.67. The van der Waals surface area contributed by atoms with Gasteiger partial charge >= 0.3 is 0 Å². The molecule has 0 aromatic heterocycles. The van der Waals surface area contributed by atoms with E-state index in [1.54, 1.807) is 0 Å². The molecular weight excluding hydrogens is 346 g/mol.